The second kappa shape index (κ2) is 5.88. The van der Waals surface area contributed by atoms with Crippen LogP contribution in [0.25, 0.3) is 16.7 Å². The summed E-state index contributed by atoms with van der Waals surface area (Å²) in [4.78, 5) is 0. The van der Waals surface area contributed by atoms with E-state index >= 15 is 0 Å². The fourth-order valence-corrected chi connectivity index (χ4v) is 4.11. The Morgan fingerprint density at radius 1 is 1.12 bits per heavy atom. The molecule has 4 aromatic rings. The SMILES string of the molecule is Fc1ccc2oc(C3NCc4c(Cl)cc(Cl)cc4-n4cccc43)cc2c1. The van der Waals surface area contributed by atoms with E-state index in [0.717, 1.165) is 28.1 Å². The average Bonchev–Trinajstić information content (AvgIpc) is 3.20. The van der Waals surface area contributed by atoms with E-state index in [4.69, 9.17) is 27.6 Å². The van der Waals surface area contributed by atoms with E-state index in [-0.39, 0.29) is 11.9 Å². The van der Waals surface area contributed by atoms with Crippen LogP contribution in [0.1, 0.15) is 23.1 Å². The maximum atomic E-state index is 13.5. The van der Waals surface area contributed by atoms with Gasteiger partial charge in [-0.05, 0) is 48.5 Å². The van der Waals surface area contributed by atoms with E-state index in [0.29, 0.717) is 22.2 Å². The van der Waals surface area contributed by atoms with E-state index in [2.05, 4.69) is 9.88 Å². The van der Waals surface area contributed by atoms with E-state index in [1.165, 1.54) is 12.1 Å². The highest BCUT2D eigenvalue weighted by Gasteiger charge is 2.27. The number of fused-ring (bicyclic) bond motifs is 4. The third kappa shape index (κ3) is 2.45. The van der Waals surface area contributed by atoms with Crippen molar-refractivity contribution in [2.75, 3.05) is 0 Å². The van der Waals surface area contributed by atoms with Crippen LogP contribution in [-0.2, 0) is 6.54 Å². The minimum atomic E-state index is -0.282. The first-order valence-electron chi connectivity index (χ1n) is 8.18. The lowest BCUT2D eigenvalue weighted by atomic mass is 10.1. The van der Waals surface area contributed by atoms with Gasteiger partial charge in [0.1, 0.15) is 23.2 Å². The summed E-state index contributed by atoms with van der Waals surface area (Å²) in [5, 5.41) is 5.44. The van der Waals surface area contributed by atoms with E-state index in [9.17, 15) is 4.39 Å². The molecule has 0 saturated heterocycles. The predicted molar refractivity (Wildman–Crippen MR) is 101 cm³/mol. The van der Waals surface area contributed by atoms with E-state index < -0.39 is 0 Å². The lowest BCUT2D eigenvalue weighted by molar-refractivity contribution is 0.465. The molecule has 0 spiro atoms. The molecule has 1 N–H and O–H groups in total. The summed E-state index contributed by atoms with van der Waals surface area (Å²) in [7, 11) is 0. The number of rotatable bonds is 1. The van der Waals surface area contributed by atoms with Gasteiger partial charge < -0.3 is 8.98 Å². The minimum absolute atomic E-state index is 0.192. The van der Waals surface area contributed by atoms with Crippen LogP contribution in [0.15, 0.2) is 59.1 Å². The standard InChI is InChI=1S/C20H13Cl2FN2O/c21-12-8-15(22)14-10-24-20(16-2-1-5-25(16)17(14)9-12)19-7-11-6-13(23)3-4-18(11)26-19/h1-9,20,24H,10H2. The van der Waals surface area contributed by atoms with Gasteiger partial charge in [0.05, 0.1) is 5.69 Å². The Kier molecular flexibility index (Phi) is 3.60. The quantitative estimate of drug-likeness (QED) is 0.443. The van der Waals surface area contributed by atoms with Crippen molar-refractivity contribution < 1.29 is 8.81 Å². The maximum Gasteiger partial charge on any atom is 0.134 e. The van der Waals surface area contributed by atoms with Gasteiger partial charge in [-0.1, -0.05) is 23.2 Å². The largest absolute Gasteiger partial charge is 0.459 e. The molecule has 6 heteroatoms. The van der Waals surface area contributed by atoms with Crippen molar-refractivity contribution in [3.05, 3.63) is 87.6 Å². The first-order chi connectivity index (χ1) is 12.6. The molecule has 3 heterocycles. The van der Waals surface area contributed by atoms with Crippen molar-refractivity contribution in [1.29, 1.82) is 0 Å². The van der Waals surface area contributed by atoms with Crippen molar-refractivity contribution in [3.8, 4) is 5.69 Å². The highest BCUT2D eigenvalue weighted by atomic mass is 35.5. The molecule has 130 valence electrons. The Labute approximate surface area is 158 Å². The minimum Gasteiger partial charge on any atom is -0.459 e. The van der Waals surface area contributed by atoms with Crippen molar-refractivity contribution in [2.24, 2.45) is 0 Å². The van der Waals surface area contributed by atoms with Crippen molar-refractivity contribution >= 4 is 34.2 Å². The Morgan fingerprint density at radius 3 is 2.88 bits per heavy atom. The molecule has 0 saturated carbocycles. The molecule has 0 amide bonds. The lowest BCUT2D eigenvalue weighted by Crippen LogP contribution is -2.20. The summed E-state index contributed by atoms with van der Waals surface area (Å²) in [6, 6.07) is 13.8. The van der Waals surface area contributed by atoms with E-state index in [1.807, 2.05) is 30.5 Å². The molecule has 2 aromatic carbocycles. The molecular formula is C20H13Cl2FN2O. The zero-order valence-corrected chi connectivity index (χ0v) is 15.0. The highest BCUT2D eigenvalue weighted by molar-refractivity contribution is 6.35. The number of nitrogens with zero attached hydrogens (tertiary/aromatic N) is 1. The molecule has 0 bridgehead atoms. The van der Waals surface area contributed by atoms with Gasteiger partial charge in [-0.15, -0.1) is 0 Å². The molecule has 0 fully saturated rings. The zero-order chi connectivity index (χ0) is 17.8. The number of nitrogens with one attached hydrogen (secondary N) is 1. The molecule has 5 rings (SSSR count). The second-order valence-corrected chi connectivity index (χ2v) is 7.18. The Morgan fingerprint density at radius 2 is 2.00 bits per heavy atom. The summed E-state index contributed by atoms with van der Waals surface area (Å²) in [5.41, 5.74) is 3.57. The van der Waals surface area contributed by atoms with Crippen LogP contribution in [0.4, 0.5) is 4.39 Å². The number of hydrogen-bond acceptors (Lipinski definition) is 2. The molecule has 26 heavy (non-hydrogen) atoms. The van der Waals surface area contributed by atoms with Crippen molar-refractivity contribution in [1.82, 2.24) is 9.88 Å². The van der Waals surface area contributed by atoms with Crippen LogP contribution in [0.5, 0.6) is 0 Å². The fraction of sp³-hybridized carbons (Fsp3) is 0.100. The zero-order valence-electron chi connectivity index (χ0n) is 13.5. The topological polar surface area (TPSA) is 30.1 Å². The number of halogens is 3. The number of aromatic nitrogens is 1. The predicted octanol–water partition coefficient (Wildman–Crippen LogP) is 5.86. The number of benzene rings is 2. The molecule has 1 unspecified atom stereocenters. The van der Waals surface area contributed by atoms with Gasteiger partial charge in [0.25, 0.3) is 0 Å². The maximum absolute atomic E-state index is 13.5. The Hall–Kier alpha value is -2.27. The summed E-state index contributed by atoms with van der Waals surface area (Å²) < 4.78 is 21.6. The van der Waals surface area contributed by atoms with Crippen LogP contribution in [0.2, 0.25) is 10.0 Å². The van der Waals surface area contributed by atoms with Crippen molar-refractivity contribution in [2.45, 2.75) is 12.6 Å². The molecule has 0 radical (unpaired) electrons. The summed E-state index contributed by atoms with van der Waals surface area (Å²) in [6.07, 6.45) is 1.98. The molecule has 1 aliphatic heterocycles. The smallest absolute Gasteiger partial charge is 0.134 e. The number of furan rings is 1. The normalized spacial score (nSPS) is 16.3. The van der Waals surface area contributed by atoms with Gasteiger partial charge in [0.2, 0.25) is 0 Å². The van der Waals surface area contributed by atoms with E-state index in [1.54, 1.807) is 12.1 Å². The van der Waals surface area contributed by atoms with Crippen molar-refractivity contribution in [3.63, 3.8) is 0 Å². The second-order valence-electron chi connectivity index (χ2n) is 6.33. The third-order valence-electron chi connectivity index (χ3n) is 4.74. The first kappa shape index (κ1) is 15.9. The molecule has 0 aliphatic carbocycles. The molecular weight excluding hydrogens is 374 g/mol. The first-order valence-corrected chi connectivity index (χ1v) is 8.94. The number of hydrogen-bond donors (Lipinski definition) is 1. The van der Waals surface area contributed by atoms with Gasteiger partial charge in [-0.2, -0.15) is 0 Å². The monoisotopic (exact) mass is 386 g/mol. The van der Waals surface area contributed by atoms with Crippen LogP contribution in [-0.4, -0.2) is 4.57 Å². The van der Waals surface area contributed by atoms with Crippen LogP contribution in [0.3, 0.4) is 0 Å². The van der Waals surface area contributed by atoms with Crippen LogP contribution in [0, 0.1) is 5.82 Å². The summed E-state index contributed by atoms with van der Waals surface area (Å²) >= 11 is 12.6. The molecule has 3 nitrogen and oxygen atoms in total. The molecule has 1 atom stereocenters. The van der Waals surface area contributed by atoms with Gasteiger partial charge in [0, 0.05) is 39.4 Å². The average molecular weight is 387 g/mol. The molecule has 1 aliphatic rings. The Bertz CT molecular complexity index is 1150. The lowest BCUT2D eigenvalue weighted by Gasteiger charge is -2.15. The third-order valence-corrected chi connectivity index (χ3v) is 5.29. The summed E-state index contributed by atoms with van der Waals surface area (Å²) in [6.45, 7) is 0.559. The van der Waals surface area contributed by atoms with Gasteiger partial charge in [-0.25, -0.2) is 4.39 Å². The van der Waals surface area contributed by atoms with Crippen LogP contribution < -0.4 is 5.32 Å². The highest BCUT2D eigenvalue weighted by Crippen LogP contribution is 2.36. The molecule has 2 aromatic heterocycles. The fourth-order valence-electron chi connectivity index (χ4n) is 3.56. The van der Waals surface area contributed by atoms with Gasteiger partial charge in [-0.3, -0.25) is 5.32 Å². The van der Waals surface area contributed by atoms with Gasteiger partial charge in [0.15, 0.2) is 0 Å². The summed E-state index contributed by atoms with van der Waals surface area (Å²) in [5.74, 6) is 0.441. The van der Waals surface area contributed by atoms with Crippen LogP contribution >= 0.6 is 23.2 Å². The Balaban J connectivity index is 1.68. The van der Waals surface area contributed by atoms with Gasteiger partial charge >= 0.3 is 0 Å².